The number of hydrogen-bond donors (Lipinski definition) is 2. The van der Waals surface area contributed by atoms with Crippen molar-refractivity contribution in [3.63, 3.8) is 0 Å². The SMILES string of the molecule is CC(NC(=O)c1c(N)nn2cccnc12)c1cc(Cl)c2cncn2c1N1CCC(C#N)C1. The maximum atomic E-state index is 13.2. The second-order valence-electron chi connectivity index (χ2n) is 7.82. The second kappa shape index (κ2) is 7.69. The highest BCUT2D eigenvalue weighted by Crippen LogP contribution is 2.35. The van der Waals surface area contributed by atoms with Crippen molar-refractivity contribution in [3.05, 3.63) is 53.2 Å². The fraction of sp³-hybridized carbons (Fsp3) is 0.286. The number of fused-ring (bicyclic) bond motifs is 2. The normalized spacial score (nSPS) is 17.0. The Balaban J connectivity index is 1.54. The standard InChI is InChI=1S/C21H20ClN9O/c1-12(27-20(32)17-18(24)28-31-5-2-4-26-19(17)31)14-7-15(22)16-9-25-11-30(16)21(14)29-6-3-13(8-23)10-29/h2,4-5,7,9,11-13H,3,6,10H2,1H3,(H2,24,28)(H,27,32). The Kier molecular flexibility index (Phi) is 4.83. The molecule has 11 heteroatoms. The molecule has 1 amide bonds. The van der Waals surface area contributed by atoms with Gasteiger partial charge in [0.25, 0.3) is 5.91 Å². The Bertz CT molecular complexity index is 1390. The number of carbonyl (C=O) groups is 1. The van der Waals surface area contributed by atoms with Crippen molar-refractivity contribution in [2.24, 2.45) is 5.92 Å². The molecule has 4 aromatic heterocycles. The zero-order valence-electron chi connectivity index (χ0n) is 17.2. The average molecular weight is 450 g/mol. The van der Waals surface area contributed by atoms with Crippen LogP contribution in [0.4, 0.5) is 11.6 Å². The van der Waals surface area contributed by atoms with Crippen LogP contribution in [0.5, 0.6) is 0 Å². The predicted molar refractivity (Wildman–Crippen MR) is 119 cm³/mol. The molecular formula is C21H20ClN9O. The van der Waals surface area contributed by atoms with Gasteiger partial charge in [0.1, 0.15) is 17.7 Å². The number of hydrogen-bond acceptors (Lipinski definition) is 7. The van der Waals surface area contributed by atoms with Crippen molar-refractivity contribution in [2.75, 3.05) is 23.7 Å². The monoisotopic (exact) mass is 449 g/mol. The third-order valence-corrected chi connectivity index (χ3v) is 6.09. The molecule has 0 spiro atoms. The number of imidazole rings is 1. The first-order valence-electron chi connectivity index (χ1n) is 10.2. The number of nitrogens with two attached hydrogens (primary N) is 1. The summed E-state index contributed by atoms with van der Waals surface area (Å²) in [6.07, 6.45) is 7.44. The molecule has 162 valence electrons. The van der Waals surface area contributed by atoms with Crippen LogP contribution in [0.25, 0.3) is 11.2 Å². The molecule has 1 saturated heterocycles. The topological polar surface area (TPSA) is 130 Å². The van der Waals surface area contributed by atoms with Crippen molar-refractivity contribution >= 4 is 40.3 Å². The first-order chi connectivity index (χ1) is 15.5. The molecule has 5 heterocycles. The van der Waals surface area contributed by atoms with Gasteiger partial charge in [-0.3, -0.25) is 9.20 Å². The maximum absolute atomic E-state index is 13.2. The lowest BCUT2D eigenvalue weighted by Crippen LogP contribution is -2.30. The van der Waals surface area contributed by atoms with Crippen LogP contribution in [0.3, 0.4) is 0 Å². The van der Waals surface area contributed by atoms with Gasteiger partial charge in [0.2, 0.25) is 0 Å². The first-order valence-corrected chi connectivity index (χ1v) is 10.5. The number of nitriles is 1. The molecule has 1 fully saturated rings. The molecule has 0 radical (unpaired) electrons. The van der Waals surface area contributed by atoms with E-state index in [1.807, 2.05) is 17.4 Å². The van der Waals surface area contributed by atoms with Crippen molar-refractivity contribution in [1.82, 2.24) is 29.3 Å². The fourth-order valence-electron chi connectivity index (χ4n) is 4.23. The van der Waals surface area contributed by atoms with Crippen LogP contribution >= 0.6 is 11.6 Å². The van der Waals surface area contributed by atoms with Gasteiger partial charge in [-0.1, -0.05) is 11.6 Å². The molecule has 10 nitrogen and oxygen atoms in total. The van der Waals surface area contributed by atoms with Crippen LogP contribution < -0.4 is 16.0 Å². The molecule has 0 saturated carbocycles. The van der Waals surface area contributed by atoms with Crippen LogP contribution in [-0.4, -0.2) is 43.0 Å². The molecule has 2 atom stereocenters. The minimum Gasteiger partial charge on any atom is -0.381 e. The summed E-state index contributed by atoms with van der Waals surface area (Å²) in [5, 5.41) is 17.1. The summed E-state index contributed by atoms with van der Waals surface area (Å²) in [7, 11) is 0. The van der Waals surface area contributed by atoms with Crippen LogP contribution in [0.15, 0.2) is 37.1 Å². The summed E-state index contributed by atoms with van der Waals surface area (Å²) in [5.41, 5.74) is 8.19. The highest BCUT2D eigenvalue weighted by molar-refractivity contribution is 6.34. The summed E-state index contributed by atoms with van der Waals surface area (Å²) in [6, 6.07) is 5.49. The van der Waals surface area contributed by atoms with Crippen molar-refractivity contribution in [2.45, 2.75) is 19.4 Å². The van der Waals surface area contributed by atoms with E-state index in [0.29, 0.717) is 17.2 Å². The number of pyridine rings is 1. The molecule has 3 N–H and O–H groups in total. The highest BCUT2D eigenvalue weighted by atomic mass is 35.5. The van der Waals surface area contributed by atoms with E-state index in [4.69, 9.17) is 17.3 Å². The number of amides is 1. The summed E-state index contributed by atoms with van der Waals surface area (Å²) in [6.45, 7) is 3.21. The lowest BCUT2D eigenvalue weighted by atomic mass is 10.1. The summed E-state index contributed by atoms with van der Waals surface area (Å²) >= 11 is 6.53. The van der Waals surface area contributed by atoms with E-state index in [0.717, 1.165) is 29.9 Å². The molecule has 0 aliphatic carbocycles. The van der Waals surface area contributed by atoms with Gasteiger partial charge in [-0.15, -0.1) is 5.10 Å². The van der Waals surface area contributed by atoms with Crippen molar-refractivity contribution < 1.29 is 4.79 Å². The van der Waals surface area contributed by atoms with Crippen LogP contribution in [0.2, 0.25) is 5.02 Å². The van der Waals surface area contributed by atoms with E-state index < -0.39 is 6.04 Å². The molecular weight excluding hydrogens is 430 g/mol. The average Bonchev–Trinajstić information content (AvgIpc) is 3.51. The Hall–Kier alpha value is -3.84. The van der Waals surface area contributed by atoms with Crippen LogP contribution in [0, 0.1) is 17.2 Å². The number of anilines is 2. The third-order valence-electron chi connectivity index (χ3n) is 5.79. The van der Waals surface area contributed by atoms with Gasteiger partial charge in [-0.2, -0.15) is 5.26 Å². The lowest BCUT2D eigenvalue weighted by Gasteiger charge is -2.26. The summed E-state index contributed by atoms with van der Waals surface area (Å²) < 4.78 is 3.38. The van der Waals surface area contributed by atoms with Gasteiger partial charge < -0.3 is 16.0 Å². The van der Waals surface area contributed by atoms with Gasteiger partial charge >= 0.3 is 0 Å². The van der Waals surface area contributed by atoms with Gasteiger partial charge in [0.15, 0.2) is 11.5 Å². The van der Waals surface area contributed by atoms with E-state index in [1.165, 1.54) is 4.52 Å². The summed E-state index contributed by atoms with van der Waals surface area (Å²) in [4.78, 5) is 23.8. The lowest BCUT2D eigenvalue weighted by molar-refractivity contribution is 0.0942. The van der Waals surface area contributed by atoms with Crippen LogP contribution in [0.1, 0.15) is 35.3 Å². The van der Waals surface area contributed by atoms with E-state index in [2.05, 4.69) is 31.4 Å². The largest absolute Gasteiger partial charge is 0.381 e. The van der Waals surface area contributed by atoms with E-state index in [9.17, 15) is 10.1 Å². The second-order valence-corrected chi connectivity index (χ2v) is 8.23. The molecule has 32 heavy (non-hydrogen) atoms. The molecule has 2 unspecified atom stereocenters. The van der Waals surface area contributed by atoms with Crippen LogP contribution in [-0.2, 0) is 0 Å². The third kappa shape index (κ3) is 3.18. The minimum absolute atomic E-state index is 0.0494. The maximum Gasteiger partial charge on any atom is 0.259 e. The number of rotatable bonds is 4. The molecule has 4 aromatic rings. The molecule has 5 rings (SSSR count). The van der Waals surface area contributed by atoms with E-state index >= 15 is 0 Å². The molecule has 0 bridgehead atoms. The minimum atomic E-state index is -0.416. The number of nitrogens with zero attached hydrogens (tertiary/aromatic N) is 7. The van der Waals surface area contributed by atoms with E-state index in [-0.39, 0.29) is 23.2 Å². The Labute approximate surface area is 188 Å². The smallest absolute Gasteiger partial charge is 0.259 e. The zero-order chi connectivity index (χ0) is 22.4. The van der Waals surface area contributed by atoms with Gasteiger partial charge in [0, 0.05) is 31.0 Å². The van der Waals surface area contributed by atoms with Gasteiger partial charge in [0.05, 0.1) is 34.8 Å². The highest BCUT2D eigenvalue weighted by Gasteiger charge is 2.29. The van der Waals surface area contributed by atoms with Crippen molar-refractivity contribution in [1.29, 1.82) is 5.26 Å². The van der Waals surface area contributed by atoms with Gasteiger partial charge in [-0.25, -0.2) is 14.5 Å². The van der Waals surface area contributed by atoms with E-state index in [1.54, 1.807) is 31.0 Å². The number of nitrogens with one attached hydrogen (secondary N) is 1. The zero-order valence-corrected chi connectivity index (χ0v) is 18.0. The number of nitrogen functional groups attached to an aromatic ring is 1. The Morgan fingerprint density at radius 1 is 1.47 bits per heavy atom. The Morgan fingerprint density at radius 3 is 3.09 bits per heavy atom. The number of halogens is 1. The van der Waals surface area contributed by atoms with Gasteiger partial charge in [-0.05, 0) is 25.5 Å². The molecule has 0 aromatic carbocycles. The Morgan fingerprint density at radius 2 is 2.31 bits per heavy atom. The number of carbonyl (C=O) groups excluding carboxylic acids is 1. The molecule has 1 aliphatic rings. The predicted octanol–water partition coefficient (Wildman–Crippen LogP) is 2.45. The quantitative estimate of drug-likeness (QED) is 0.489. The fourth-order valence-corrected chi connectivity index (χ4v) is 4.49. The molecule has 1 aliphatic heterocycles. The number of aromatic nitrogens is 5. The summed E-state index contributed by atoms with van der Waals surface area (Å²) in [5.74, 6) is 0.533. The van der Waals surface area contributed by atoms with Crippen molar-refractivity contribution in [3.8, 4) is 6.07 Å². The first kappa shape index (κ1) is 20.1.